The van der Waals surface area contributed by atoms with E-state index in [9.17, 15) is 9.59 Å². The summed E-state index contributed by atoms with van der Waals surface area (Å²) in [5, 5.41) is 2.35. The van der Waals surface area contributed by atoms with E-state index in [0.717, 1.165) is 40.9 Å². The van der Waals surface area contributed by atoms with Crippen LogP contribution in [0.15, 0.2) is 30.3 Å². The number of rotatable bonds is 8. The van der Waals surface area contributed by atoms with Crippen LogP contribution in [0.5, 0.6) is 5.75 Å². The first-order chi connectivity index (χ1) is 19.6. The summed E-state index contributed by atoms with van der Waals surface area (Å²) in [5.74, 6) is 5.65. The third-order valence-corrected chi connectivity index (χ3v) is 12.9. The minimum Gasteiger partial charge on any atom is -0.490 e. The molecule has 41 heavy (non-hydrogen) atoms. The van der Waals surface area contributed by atoms with Crippen molar-refractivity contribution >= 4 is 17.4 Å². The first kappa shape index (κ1) is 29.0. The van der Waals surface area contributed by atoms with E-state index in [1.54, 1.807) is 0 Å². The summed E-state index contributed by atoms with van der Waals surface area (Å²) in [6.07, 6.45) is 18.1. The summed E-state index contributed by atoms with van der Waals surface area (Å²) in [4.78, 5) is 23.8. The van der Waals surface area contributed by atoms with Crippen molar-refractivity contribution in [3.8, 4) is 5.75 Å². The molecule has 1 aliphatic heterocycles. The van der Waals surface area contributed by atoms with Gasteiger partial charge in [-0.3, -0.25) is 14.9 Å². The maximum Gasteiger partial charge on any atom is 0.258 e. The van der Waals surface area contributed by atoms with Crippen molar-refractivity contribution in [2.75, 3.05) is 0 Å². The Bertz CT molecular complexity index is 1170. The number of imide groups is 1. The molecule has 2 unspecified atom stereocenters. The molecular formula is C37H53NO3. The fourth-order valence-corrected chi connectivity index (χ4v) is 11.0. The lowest BCUT2D eigenvalue weighted by atomic mass is 9.44. The van der Waals surface area contributed by atoms with Gasteiger partial charge in [0, 0.05) is 12.0 Å². The van der Waals surface area contributed by atoms with Crippen LogP contribution in [0.4, 0.5) is 0 Å². The Labute approximate surface area is 248 Å². The summed E-state index contributed by atoms with van der Waals surface area (Å²) < 4.78 is 6.98. The number of amides is 2. The third-order valence-electron chi connectivity index (χ3n) is 12.9. The van der Waals surface area contributed by atoms with E-state index in [0.29, 0.717) is 28.2 Å². The van der Waals surface area contributed by atoms with E-state index in [1.165, 1.54) is 83.1 Å². The van der Waals surface area contributed by atoms with Gasteiger partial charge in [0.1, 0.15) is 11.9 Å². The van der Waals surface area contributed by atoms with Crippen molar-refractivity contribution in [3.05, 3.63) is 35.9 Å². The predicted octanol–water partition coefficient (Wildman–Crippen LogP) is 8.60. The molecule has 1 N–H and O–H groups in total. The van der Waals surface area contributed by atoms with Gasteiger partial charge >= 0.3 is 0 Å². The molecule has 6 rings (SSSR count). The van der Waals surface area contributed by atoms with Crippen LogP contribution in [-0.2, 0) is 9.59 Å². The Kier molecular flexibility index (Phi) is 7.92. The molecule has 4 saturated carbocycles. The minimum atomic E-state index is -0.337. The smallest absolute Gasteiger partial charge is 0.258 e. The van der Waals surface area contributed by atoms with Crippen LogP contribution < -0.4 is 10.1 Å². The van der Waals surface area contributed by atoms with Gasteiger partial charge in [-0.1, -0.05) is 78.9 Å². The zero-order valence-corrected chi connectivity index (χ0v) is 26.2. The van der Waals surface area contributed by atoms with Gasteiger partial charge < -0.3 is 4.74 Å². The Morgan fingerprint density at radius 2 is 1.68 bits per heavy atom. The standard InChI is InChI=1S/C37H53NO3/c1-23(2)9-8-10-24(3)34-32(41-27-15-12-25(13-16-27)29-21-33(39)38-35(29)40)22-31-28-17-14-26-11-6-7-19-36(26,4)30(28)18-20-37(31,34)5/h12-13,15-16,21,23-24,26,28,30-32,34H,6-11,14,17-20,22H2,1-5H3,(H,38,39,40)/t24-,26?,28-,30+,31+,32?,34+,36+,37+/m1/s1. The number of benzene rings is 1. The van der Waals surface area contributed by atoms with Gasteiger partial charge in [0.25, 0.3) is 11.8 Å². The largest absolute Gasteiger partial charge is 0.490 e. The van der Waals surface area contributed by atoms with Crippen LogP contribution >= 0.6 is 0 Å². The Hall–Kier alpha value is -2.10. The number of ether oxygens (including phenoxy) is 1. The van der Waals surface area contributed by atoms with Crippen LogP contribution in [0, 0.1) is 52.3 Å². The molecule has 5 aliphatic rings. The second-order valence-electron chi connectivity index (χ2n) is 15.6. The second kappa shape index (κ2) is 11.2. The fourth-order valence-electron chi connectivity index (χ4n) is 11.0. The molecule has 1 aromatic rings. The molecule has 0 radical (unpaired) electrons. The van der Waals surface area contributed by atoms with Crippen molar-refractivity contribution in [1.82, 2.24) is 5.32 Å². The molecule has 0 saturated heterocycles. The summed E-state index contributed by atoms with van der Waals surface area (Å²) in [5.41, 5.74) is 2.11. The highest BCUT2D eigenvalue weighted by Crippen LogP contribution is 2.68. The highest BCUT2D eigenvalue weighted by Gasteiger charge is 2.63. The van der Waals surface area contributed by atoms with Gasteiger partial charge in [-0.05, 0) is 109 Å². The highest BCUT2D eigenvalue weighted by atomic mass is 16.5. The third kappa shape index (κ3) is 5.20. The van der Waals surface area contributed by atoms with E-state index in [1.807, 2.05) is 24.3 Å². The first-order valence-electron chi connectivity index (χ1n) is 16.9. The Balaban J connectivity index is 1.25. The minimum absolute atomic E-state index is 0.233. The number of fused-ring (bicyclic) bond motifs is 5. The lowest BCUT2D eigenvalue weighted by molar-refractivity contribution is -0.123. The summed E-state index contributed by atoms with van der Waals surface area (Å²) in [6.45, 7) is 12.5. The summed E-state index contributed by atoms with van der Waals surface area (Å²) >= 11 is 0. The molecule has 0 bridgehead atoms. The highest BCUT2D eigenvalue weighted by molar-refractivity contribution is 6.33. The molecule has 2 amide bonds. The van der Waals surface area contributed by atoms with Crippen LogP contribution in [0.3, 0.4) is 0 Å². The predicted molar refractivity (Wildman–Crippen MR) is 165 cm³/mol. The van der Waals surface area contributed by atoms with Gasteiger partial charge in [-0.25, -0.2) is 0 Å². The zero-order valence-electron chi connectivity index (χ0n) is 26.2. The maximum absolute atomic E-state index is 12.2. The zero-order chi connectivity index (χ0) is 28.9. The first-order valence-corrected chi connectivity index (χ1v) is 16.9. The van der Waals surface area contributed by atoms with Gasteiger partial charge in [-0.2, -0.15) is 0 Å². The molecule has 1 heterocycles. The Morgan fingerprint density at radius 1 is 0.902 bits per heavy atom. The van der Waals surface area contributed by atoms with Crippen LogP contribution in [0.25, 0.3) is 5.57 Å². The SMILES string of the molecule is CC(C)CCC[C@@H](C)[C@H]1C(Oc2ccc(C3=CC(=O)NC3=O)cc2)C[C@H]2[C@@H]3CCC4CCCC[C@]4(C)[C@H]3CC[C@]12C. The number of nitrogens with one attached hydrogen (secondary N) is 1. The lowest BCUT2D eigenvalue weighted by Gasteiger charge is -2.60. The quantitative estimate of drug-likeness (QED) is 0.325. The van der Waals surface area contributed by atoms with Gasteiger partial charge in [0.2, 0.25) is 0 Å². The number of hydrogen-bond acceptors (Lipinski definition) is 3. The van der Waals surface area contributed by atoms with Crippen molar-refractivity contribution in [2.45, 2.75) is 118 Å². The molecule has 0 spiro atoms. The monoisotopic (exact) mass is 559 g/mol. The van der Waals surface area contributed by atoms with E-state index in [4.69, 9.17) is 4.74 Å². The molecule has 4 heteroatoms. The van der Waals surface area contributed by atoms with E-state index in [-0.39, 0.29) is 17.9 Å². The molecular weight excluding hydrogens is 506 g/mol. The van der Waals surface area contributed by atoms with Gasteiger partial charge in [0.15, 0.2) is 0 Å². The van der Waals surface area contributed by atoms with Gasteiger partial charge in [0.05, 0.1) is 5.57 Å². The fraction of sp³-hybridized carbons (Fsp3) is 0.730. The van der Waals surface area contributed by atoms with Crippen LogP contribution in [0.1, 0.15) is 117 Å². The van der Waals surface area contributed by atoms with Crippen molar-refractivity contribution in [1.29, 1.82) is 0 Å². The summed E-state index contributed by atoms with van der Waals surface area (Å²) in [7, 11) is 0. The van der Waals surface area contributed by atoms with Crippen molar-refractivity contribution in [3.63, 3.8) is 0 Å². The number of carbonyl (C=O) groups is 2. The molecule has 224 valence electrons. The molecule has 4 aliphatic carbocycles. The summed E-state index contributed by atoms with van der Waals surface area (Å²) in [6, 6.07) is 7.89. The molecule has 0 aromatic heterocycles. The number of carbonyl (C=O) groups excluding carboxylic acids is 2. The second-order valence-corrected chi connectivity index (χ2v) is 15.6. The van der Waals surface area contributed by atoms with E-state index < -0.39 is 0 Å². The number of hydrogen-bond donors (Lipinski definition) is 1. The lowest BCUT2D eigenvalue weighted by Crippen LogP contribution is -2.53. The molecule has 1 aromatic carbocycles. The van der Waals surface area contributed by atoms with Crippen LogP contribution in [0.2, 0.25) is 0 Å². The molecule has 4 fully saturated rings. The van der Waals surface area contributed by atoms with Crippen molar-refractivity contribution < 1.29 is 14.3 Å². The van der Waals surface area contributed by atoms with Crippen LogP contribution in [-0.4, -0.2) is 17.9 Å². The van der Waals surface area contributed by atoms with Gasteiger partial charge in [-0.15, -0.1) is 0 Å². The maximum atomic E-state index is 12.2. The van der Waals surface area contributed by atoms with E-state index in [2.05, 4.69) is 39.9 Å². The normalized spacial score (nSPS) is 39.0. The average molecular weight is 560 g/mol. The molecule has 9 atom stereocenters. The average Bonchev–Trinajstić information content (AvgIpc) is 3.43. The van der Waals surface area contributed by atoms with Crippen molar-refractivity contribution in [2.24, 2.45) is 52.3 Å². The molecule has 4 nitrogen and oxygen atoms in total. The Morgan fingerprint density at radius 3 is 2.39 bits per heavy atom. The van der Waals surface area contributed by atoms with E-state index >= 15 is 0 Å². The topological polar surface area (TPSA) is 55.4 Å².